The number of amidine groups is 1. The van der Waals surface area contributed by atoms with Gasteiger partial charge in [0.2, 0.25) is 5.84 Å². The molecule has 1 saturated heterocycles. The molecule has 0 spiro atoms. The minimum atomic E-state index is -0.360. The molecule has 7 heteroatoms. The van der Waals surface area contributed by atoms with E-state index in [2.05, 4.69) is 10.6 Å². The number of aliphatic imine (C=N–C) groups is 1. The van der Waals surface area contributed by atoms with Crippen LogP contribution in [0.25, 0.3) is 0 Å². The van der Waals surface area contributed by atoms with E-state index in [1.54, 1.807) is 0 Å². The Morgan fingerprint density at radius 2 is 1.25 bits per heavy atom. The van der Waals surface area contributed by atoms with Crippen LogP contribution in [0.15, 0.2) is 108 Å². The predicted octanol–water partition coefficient (Wildman–Crippen LogP) is 5.48. The molecule has 3 aromatic carbocycles. The van der Waals surface area contributed by atoms with E-state index < -0.39 is 0 Å². The third-order valence-electron chi connectivity index (χ3n) is 5.11. The van der Waals surface area contributed by atoms with Crippen LogP contribution in [-0.4, -0.2) is 28.7 Å². The predicted molar refractivity (Wildman–Crippen MR) is 128 cm³/mol. The lowest BCUT2D eigenvalue weighted by atomic mass is 10.2. The molecule has 4 rings (SSSR count). The standard InChI is InChI=1S/C25H25N5O2/c31-30(32)23(25(29-18-10-11-19-29)28-22-16-8-3-9-17-22)24(26-20-12-4-1-5-13-20)27-21-14-6-2-7-15-21/h1-9,12-17,26-27H,10-11,18-19H2. The summed E-state index contributed by atoms with van der Waals surface area (Å²) in [7, 11) is 0. The average molecular weight is 428 g/mol. The van der Waals surface area contributed by atoms with Crippen LogP contribution in [0.3, 0.4) is 0 Å². The van der Waals surface area contributed by atoms with Crippen molar-refractivity contribution in [3.8, 4) is 0 Å². The van der Waals surface area contributed by atoms with Crippen LogP contribution in [0, 0.1) is 10.1 Å². The molecule has 32 heavy (non-hydrogen) atoms. The Morgan fingerprint density at radius 3 is 1.72 bits per heavy atom. The molecule has 0 unspecified atom stereocenters. The number of nitrogens with one attached hydrogen (secondary N) is 2. The Bertz CT molecular complexity index is 1050. The number of benzene rings is 3. The highest BCUT2D eigenvalue weighted by Crippen LogP contribution is 2.23. The summed E-state index contributed by atoms with van der Waals surface area (Å²) in [6, 6.07) is 28.2. The first-order chi connectivity index (χ1) is 15.7. The van der Waals surface area contributed by atoms with Crippen molar-refractivity contribution in [1.29, 1.82) is 0 Å². The fourth-order valence-electron chi connectivity index (χ4n) is 3.59. The molecule has 1 aliphatic heterocycles. The van der Waals surface area contributed by atoms with Gasteiger partial charge in [0.05, 0.1) is 10.6 Å². The van der Waals surface area contributed by atoms with Gasteiger partial charge in [-0.25, -0.2) is 4.99 Å². The fraction of sp³-hybridized carbons (Fsp3) is 0.160. The molecule has 162 valence electrons. The van der Waals surface area contributed by atoms with Gasteiger partial charge < -0.3 is 15.5 Å². The molecule has 0 saturated carbocycles. The van der Waals surface area contributed by atoms with E-state index in [9.17, 15) is 10.1 Å². The Hall–Kier alpha value is -4.13. The van der Waals surface area contributed by atoms with Crippen molar-refractivity contribution < 1.29 is 4.92 Å². The lowest BCUT2D eigenvalue weighted by Crippen LogP contribution is -2.34. The van der Waals surface area contributed by atoms with Crippen LogP contribution in [0.1, 0.15) is 12.8 Å². The quantitative estimate of drug-likeness (QED) is 0.226. The fourth-order valence-corrected chi connectivity index (χ4v) is 3.59. The van der Waals surface area contributed by atoms with Crippen LogP contribution >= 0.6 is 0 Å². The first-order valence-corrected chi connectivity index (χ1v) is 10.6. The lowest BCUT2D eigenvalue weighted by Gasteiger charge is -2.21. The Balaban J connectivity index is 1.86. The summed E-state index contributed by atoms with van der Waals surface area (Å²) in [5.41, 5.74) is 2.06. The molecule has 3 aromatic rings. The Kier molecular flexibility index (Phi) is 6.77. The Morgan fingerprint density at radius 1 is 0.781 bits per heavy atom. The minimum Gasteiger partial charge on any atom is -0.351 e. The normalized spacial score (nSPS) is 13.5. The number of hydrogen-bond donors (Lipinski definition) is 2. The molecule has 0 atom stereocenters. The van der Waals surface area contributed by atoms with E-state index in [1.807, 2.05) is 95.9 Å². The van der Waals surface area contributed by atoms with Crippen LogP contribution in [0.4, 0.5) is 17.1 Å². The smallest absolute Gasteiger partial charge is 0.351 e. The number of anilines is 2. The molecule has 0 radical (unpaired) electrons. The summed E-state index contributed by atoms with van der Waals surface area (Å²) in [5.74, 6) is 0.620. The maximum absolute atomic E-state index is 12.5. The molecule has 1 fully saturated rings. The van der Waals surface area contributed by atoms with E-state index in [1.165, 1.54) is 0 Å². The summed E-state index contributed by atoms with van der Waals surface area (Å²) in [4.78, 5) is 18.8. The van der Waals surface area contributed by atoms with E-state index >= 15 is 0 Å². The van der Waals surface area contributed by atoms with Gasteiger partial charge >= 0.3 is 5.70 Å². The molecule has 1 heterocycles. The third kappa shape index (κ3) is 5.31. The topological polar surface area (TPSA) is 82.8 Å². The van der Waals surface area contributed by atoms with Gasteiger partial charge in [-0.3, -0.25) is 10.1 Å². The van der Waals surface area contributed by atoms with Gasteiger partial charge in [0, 0.05) is 24.5 Å². The number of hydrogen-bond acceptors (Lipinski definition) is 5. The van der Waals surface area contributed by atoms with Crippen LogP contribution in [0.2, 0.25) is 0 Å². The highest BCUT2D eigenvalue weighted by atomic mass is 16.6. The first kappa shape index (κ1) is 21.1. The zero-order valence-corrected chi connectivity index (χ0v) is 17.6. The lowest BCUT2D eigenvalue weighted by molar-refractivity contribution is -0.416. The van der Waals surface area contributed by atoms with E-state index in [0.717, 1.165) is 37.3 Å². The summed E-state index contributed by atoms with van der Waals surface area (Å²) < 4.78 is 0. The SMILES string of the molecule is O=[N+]([O-])C(C(=Nc1ccccc1)N1CCCC1)=C(Nc1ccccc1)Nc1ccccc1. The van der Waals surface area contributed by atoms with Gasteiger partial charge in [-0.1, -0.05) is 54.6 Å². The summed E-state index contributed by atoms with van der Waals surface area (Å²) in [6.45, 7) is 1.46. The monoisotopic (exact) mass is 427 g/mol. The molecule has 1 aliphatic rings. The van der Waals surface area contributed by atoms with E-state index in [-0.39, 0.29) is 16.4 Å². The highest BCUT2D eigenvalue weighted by molar-refractivity contribution is 5.99. The third-order valence-corrected chi connectivity index (χ3v) is 5.11. The Labute approximate surface area is 187 Å². The maximum atomic E-state index is 12.5. The molecule has 0 aliphatic carbocycles. The molecule has 0 bridgehead atoms. The van der Waals surface area contributed by atoms with Crippen molar-refractivity contribution in [2.75, 3.05) is 23.7 Å². The van der Waals surface area contributed by atoms with Crippen molar-refractivity contribution in [3.63, 3.8) is 0 Å². The summed E-state index contributed by atoms with van der Waals surface area (Å²) in [5, 5.41) is 18.9. The minimum absolute atomic E-state index is 0.0940. The second kappa shape index (κ2) is 10.3. The molecular formula is C25H25N5O2. The van der Waals surface area contributed by atoms with Crippen molar-refractivity contribution in [1.82, 2.24) is 4.90 Å². The van der Waals surface area contributed by atoms with Crippen molar-refractivity contribution in [2.45, 2.75) is 12.8 Å². The number of nitro groups is 1. The summed E-state index contributed by atoms with van der Waals surface area (Å²) >= 11 is 0. The van der Waals surface area contributed by atoms with Gasteiger partial charge in [0.25, 0.3) is 0 Å². The number of rotatable bonds is 7. The van der Waals surface area contributed by atoms with Crippen LogP contribution in [0.5, 0.6) is 0 Å². The van der Waals surface area contributed by atoms with Gasteiger partial charge in [-0.05, 0) is 49.2 Å². The van der Waals surface area contributed by atoms with Gasteiger partial charge in [-0.2, -0.15) is 0 Å². The van der Waals surface area contributed by atoms with E-state index in [4.69, 9.17) is 4.99 Å². The molecule has 2 N–H and O–H groups in total. The van der Waals surface area contributed by atoms with Gasteiger partial charge in [-0.15, -0.1) is 0 Å². The highest BCUT2D eigenvalue weighted by Gasteiger charge is 2.32. The zero-order chi connectivity index (χ0) is 22.2. The largest absolute Gasteiger partial charge is 0.351 e. The molecule has 0 aromatic heterocycles. The number of nitrogens with zero attached hydrogens (tertiary/aromatic N) is 3. The van der Waals surface area contributed by atoms with Crippen molar-refractivity contribution in [2.24, 2.45) is 4.99 Å². The second-order valence-corrected chi connectivity index (χ2v) is 7.43. The first-order valence-electron chi connectivity index (χ1n) is 10.6. The van der Waals surface area contributed by atoms with Crippen molar-refractivity contribution >= 4 is 22.9 Å². The number of para-hydroxylation sites is 3. The average Bonchev–Trinajstić information content (AvgIpc) is 3.35. The van der Waals surface area contributed by atoms with Crippen molar-refractivity contribution in [3.05, 3.63) is 113 Å². The van der Waals surface area contributed by atoms with Crippen LogP contribution in [-0.2, 0) is 0 Å². The summed E-state index contributed by atoms with van der Waals surface area (Å²) in [6.07, 6.45) is 1.96. The zero-order valence-electron chi connectivity index (χ0n) is 17.6. The van der Waals surface area contributed by atoms with Gasteiger partial charge in [0.1, 0.15) is 0 Å². The molecular weight excluding hydrogens is 402 g/mol. The molecule has 0 amide bonds. The van der Waals surface area contributed by atoms with Crippen LogP contribution < -0.4 is 10.6 Å². The van der Waals surface area contributed by atoms with E-state index in [0.29, 0.717) is 11.5 Å². The number of likely N-dealkylation sites (tertiary alicyclic amines) is 1. The maximum Gasteiger partial charge on any atom is 0.351 e. The molecule has 7 nitrogen and oxygen atoms in total. The van der Waals surface area contributed by atoms with Gasteiger partial charge in [0.15, 0.2) is 5.82 Å². The second-order valence-electron chi connectivity index (χ2n) is 7.43.